The summed E-state index contributed by atoms with van der Waals surface area (Å²) in [7, 11) is -1.43. The van der Waals surface area contributed by atoms with Gasteiger partial charge in [-0.1, -0.05) is 0 Å². The van der Waals surface area contributed by atoms with E-state index in [1.807, 2.05) is 0 Å². The van der Waals surface area contributed by atoms with Crippen molar-refractivity contribution in [2.45, 2.75) is 12.5 Å². The number of carbonyl (C=O) groups is 1. The highest BCUT2D eigenvalue weighted by molar-refractivity contribution is 7.91. The van der Waals surface area contributed by atoms with E-state index in [0.717, 1.165) is 6.07 Å². The first-order valence-corrected chi connectivity index (χ1v) is 7.58. The lowest BCUT2D eigenvalue weighted by molar-refractivity contribution is 0.0696. The van der Waals surface area contributed by atoms with Crippen molar-refractivity contribution in [3.05, 3.63) is 29.6 Å². The van der Waals surface area contributed by atoms with E-state index in [1.54, 1.807) is 11.9 Å². The number of hydrogen-bond donors (Lipinski definition) is 1. The van der Waals surface area contributed by atoms with Crippen LogP contribution in [0, 0.1) is 5.82 Å². The molecule has 1 aliphatic rings. The van der Waals surface area contributed by atoms with E-state index in [0.29, 0.717) is 6.42 Å². The predicted molar refractivity (Wildman–Crippen MR) is 68.8 cm³/mol. The second kappa shape index (κ2) is 4.80. The van der Waals surface area contributed by atoms with Gasteiger partial charge in [0.05, 0.1) is 22.8 Å². The number of hydrogen-bond acceptors (Lipinski definition) is 4. The van der Waals surface area contributed by atoms with Crippen molar-refractivity contribution in [1.29, 1.82) is 0 Å². The van der Waals surface area contributed by atoms with Crippen LogP contribution in [0.1, 0.15) is 16.8 Å². The van der Waals surface area contributed by atoms with Crippen molar-refractivity contribution < 1.29 is 22.7 Å². The third-order valence-corrected chi connectivity index (χ3v) is 5.08. The monoisotopic (exact) mass is 287 g/mol. The first-order chi connectivity index (χ1) is 8.80. The van der Waals surface area contributed by atoms with Crippen LogP contribution in [-0.2, 0) is 9.84 Å². The Morgan fingerprint density at radius 1 is 1.47 bits per heavy atom. The first-order valence-electron chi connectivity index (χ1n) is 5.76. The summed E-state index contributed by atoms with van der Waals surface area (Å²) >= 11 is 0. The van der Waals surface area contributed by atoms with Gasteiger partial charge in [-0.2, -0.15) is 0 Å². The minimum absolute atomic E-state index is 0.00359. The summed E-state index contributed by atoms with van der Waals surface area (Å²) in [6.45, 7) is 0. The number of anilines is 1. The molecule has 0 aliphatic carbocycles. The van der Waals surface area contributed by atoms with Crippen molar-refractivity contribution in [3.8, 4) is 0 Å². The van der Waals surface area contributed by atoms with Crippen molar-refractivity contribution >= 4 is 21.5 Å². The molecule has 2 rings (SSSR count). The Kier molecular flexibility index (Phi) is 3.49. The number of sulfone groups is 1. The van der Waals surface area contributed by atoms with Gasteiger partial charge in [0.15, 0.2) is 9.84 Å². The normalized spacial score (nSPS) is 21.3. The number of nitrogens with zero attached hydrogens (tertiary/aromatic N) is 1. The number of benzene rings is 1. The van der Waals surface area contributed by atoms with Gasteiger partial charge in [-0.25, -0.2) is 17.6 Å². The molecule has 0 bridgehead atoms. The van der Waals surface area contributed by atoms with Crippen LogP contribution in [0.2, 0.25) is 0 Å². The molecule has 0 saturated carbocycles. The fraction of sp³-hybridized carbons (Fsp3) is 0.417. The zero-order valence-electron chi connectivity index (χ0n) is 10.3. The highest BCUT2D eigenvalue weighted by Gasteiger charge is 2.31. The summed E-state index contributed by atoms with van der Waals surface area (Å²) < 4.78 is 36.7. The standard InChI is InChI=1S/C12H14FNO4S/c1-14(9-4-5-19(17,18)7-9)11-3-2-8(12(15)16)6-10(11)13/h2-3,6,9H,4-5,7H2,1H3,(H,15,16). The molecule has 0 amide bonds. The summed E-state index contributed by atoms with van der Waals surface area (Å²) in [6, 6.07) is 3.34. The van der Waals surface area contributed by atoms with Gasteiger partial charge in [-0.3, -0.25) is 0 Å². The van der Waals surface area contributed by atoms with Crippen molar-refractivity contribution in [2.24, 2.45) is 0 Å². The Balaban J connectivity index is 2.25. The number of rotatable bonds is 3. The van der Waals surface area contributed by atoms with Crippen LogP contribution in [0.3, 0.4) is 0 Å². The highest BCUT2D eigenvalue weighted by atomic mass is 32.2. The van der Waals surface area contributed by atoms with Crippen LogP contribution in [0.25, 0.3) is 0 Å². The Morgan fingerprint density at radius 2 is 2.16 bits per heavy atom. The molecule has 0 radical (unpaired) electrons. The molecule has 104 valence electrons. The number of carboxylic acids is 1. The van der Waals surface area contributed by atoms with Crippen LogP contribution in [-0.4, -0.2) is 44.1 Å². The molecule has 1 aliphatic heterocycles. The van der Waals surface area contributed by atoms with Gasteiger partial charge in [0.2, 0.25) is 0 Å². The van der Waals surface area contributed by atoms with E-state index in [9.17, 15) is 17.6 Å². The van der Waals surface area contributed by atoms with Gasteiger partial charge in [0.25, 0.3) is 0 Å². The van der Waals surface area contributed by atoms with E-state index < -0.39 is 21.6 Å². The summed E-state index contributed by atoms with van der Waals surface area (Å²) in [5, 5.41) is 8.76. The van der Waals surface area contributed by atoms with Gasteiger partial charge in [0.1, 0.15) is 5.82 Å². The van der Waals surface area contributed by atoms with Gasteiger partial charge >= 0.3 is 5.97 Å². The van der Waals surface area contributed by atoms with E-state index in [1.165, 1.54) is 12.1 Å². The van der Waals surface area contributed by atoms with Crippen LogP contribution in [0.4, 0.5) is 10.1 Å². The Morgan fingerprint density at radius 3 is 2.63 bits per heavy atom. The molecule has 1 aromatic rings. The molecular weight excluding hydrogens is 273 g/mol. The van der Waals surface area contributed by atoms with Crippen LogP contribution in [0.15, 0.2) is 18.2 Å². The maximum absolute atomic E-state index is 13.9. The van der Waals surface area contributed by atoms with Crippen LogP contribution >= 0.6 is 0 Å². The Hall–Kier alpha value is -1.63. The SMILES string of the molecule is CN(c1ccc(C(=O)O)cc1F)C1CCS(=O)(=O)C1. The van der Waals surface area contributed by atoms with E-state index >= 15 is 0 Å². The maximum atomic E-state index is 13.9. The largest absolute Gasteiger partial charge is 0.478 e. The summed E-state index contributed by atoms with van der Waals surface area (Å²) in [5.41, 5.74) is 0.0841. The number of halogens is 1. The maximum Gasteiger partial charge on any atom is 0.335 e. The zero-order valence-corrected chi connectivity index (χ0v) is 11.2. The lowest BCUT2D eigenvalue weighted by Crippen LogP contribution is -2.33. The smallest absolute Gasteiger partial charge is 0.335 e. The predicted octanol–water partition coefficient (Wildman–Crippen LogP) is 1.15. The molecule has 1 unspecified atom stereocenters. The van der Waals surface area contributed by atoms with Crippen molar-refractivity contribution in [3.63, 3.8) is 0 Å². The van der Waals surface area contributed by atoms with Gasteiger partial charge in [-0.05, 0) is 24.6 Å². The van der Waals surface area contributed by atoms with E-state index in [4.69, 9.17) is 5.11 Å². The van der Waals surface area contributed by atoms with Gasteiger partial charge in [0, 0.05) is 13.1 Å². The van der Waals surface area contributed by atoms with Crippen LogP contribution in [0.5, 0.6) is 0 Å². The quantitative estimate of drug-likeness (QED) is 0.902. The molecule has 1 atom stereocenters. The fourth-order valence-corrected chi connectivity index (χ4v) is 3.98. The zero-order chi connectivity index (χ0) is 14.2. The van der Waals surface area contributed by atoms with Gasteiger partial charge < -0.3 is 10.0 Å². The minimum atomic E-state index is -3.04. The molecule has 5 nitrogen and oxygen atoms in total. The lowest BCUT2D eigenvalue weighted by atomic mass is 10.1. The average molecular weight is 287 g/mol. The molecule has 19 heavy (non-hydrogen) atoms. The third-order valence-electron chi connectivity index (χ3n) is 3.33. The summed E-state index contributed by atoms with van der Waals surface area (Å²) in [4.78, 5) is 12.3. The molecule has 1 heterocycles. The number of carboxylic acid groups (broad SMARTS) is 1. The fourth-order valence-electron chi connectivity index (χ4n) is 2.20. The van der Waals surface area contributed by atoms with E-state index in [2.05, 4.69) is 0 Å². The topological polar surface area (TPSA) is 74.7 Å². The van der Waals surface area contributed by atoms with Crippen LogP contribution < -0.4 is 4.90 Å². The first kappa shape index (κ1) is 13.8. The molecule has 1 saturated heterocycles. The molecule has 1 aromatic carbocycles. The Bertz CT molecular complexity index is 614. The van der Waals surface area contributed by atoms with Gasteiger partial charge in [-0.15, -0.1) is 0 Å². The third kappa shape index (κ3) is 2.86. The molecule has 7 heteroatoms. The minimum Gasteiger partial charge on any atom is -0.478 e. The van der Waals surface area contributed by atoms with Crippen molar-refractivity contribution in [1.82, 2.24) is 0 Å². The molecular formula is C12H14FNO4S. The average Bonchev–Trinajstić information content (AvgIpc) is 2.68. The summed E-state index contributed by atoms with van der Waals surface area (Å²) in [6.07, 6.45) is 0.457. The number of aromatic carboxylic acids is 1. The Labute approximate surface area is 110 Å². The highest BCUT2D eigenvalue weighted by Crippen LogP contribution is 2.26. The van der Waals surface area contributed by atoms with E-state index in [-0.39, 0.29) is 28.8 Å². The molecule has 0 aromatic heterocycles. The second-order valence-corrected chi connectivity index (χ2v) is 6.87. The van der Waals surface area contributed by atoms with Crippen molar-refractivity contribution in [2.75, 3.05) is 23.5 Å². The molecule has 1 N–H and O–H groups in total. The summed E-state index contributed by atoms with van der Waals surface area (Å²) in [5.74, 6) is -1.75. The second-order valence-electron chi connectivity index (χ2n) is 4.64. The molecule has 0 spiro atoms. The molecule has 1 fully saturated rings. The lowest BCUT2D eigenvalue weighted by Gasteiger charge is -2.26.